The molecule has 1 amide bonds. The summed E-state index contributed by atoms with van der Waals surface area (Å²) in [7, 11) is 0. The van der Waals surface area contributed by atoms with Gasteiger partial charge < -0.3 is 10.1 Å². The van der Waals surface area contributed by atoms with Crippen LogP contribution in [0.4, 0.5) is 9.39 Å². The van der Waals surface area contributed by atoms with Gasteiger partial charge in [-0.05, 0) is 19.1 Å². The maximum atomic E-state index is 14.3. The van der Waals surface area contributed by atoms with Gasteiger partial charge in [-0.1, -0.05) is 12.1 Å². The third-order valence-electron chi connectivity index (χ3n) is 3.78. The van der Waals surface area contributed by atoms with Gasteiger partial charge in [-0.3, -0.25) is 9.59 Å². The zero-order valence-corrected chi connectivity index (χ0v) is 16.3. The Morgan fingerprint density at radius 2 is 2.11 bits per heavy atom. The van der Waals surface area contributed by atoms with Crippen LogP contribution in [0.25, 0.3) is 16.5 Å². The molecule has 0 radical (unpaired) electrons. The number of carbonyl (C=O) groups is 2. The first-order valence-corrected chi connectivity index (χ1v) is 9.71. The van der Waals surface area contributed by atoms with Crippen LogP contribution in [0.15, 0.2) is 34.4 Å². The Balaban J connectivity index is 2.28. The lowest BCUT2D eigenvalue weighted by Gasteiger charge is -2.10. The number of aromatic nitrogens is 2. The van der Waals surface area contributed by atoms with Crippen LogP contribution in [0.2, 0.25) is 0 Å². The fourth-order valence-corrected chi connectivity index (χ4v) is 3.68. The minimum absolute atomic E-state index is 0.0502. The zero-order valence-electron chi connectivity index (χ0n) is 14.7. The SMILES string of the molecule is CCOC(=O)c1nn(-c2ccccc2F)c(=O)c2c(NC(=O)CCCl)scc12. The van der Waals surface area contributed by atoms with Gasteiger partial charge in [-0.2, -0.15) is 9.78 Å². The van der Waals surface area contributed by atoms with Crippen molar-refractivity contribution in [3.63, 3.8) is 0 Å². The van der Waals surface area contributed by atoms with Crippen LogP contribution in [0, 0.1) is 5.82 Å². The van der Waals surface area contributed by atoms with Gasteiger partial charge >= 0.3 is 5.97 Å². The van der Waals surface area contributed by atoms with E-state index in [0.717, 1.165) is 16.0 Å². The van der Waals surface area contributed by atoms with Crippen LogP contribution < -0.4 is 10.9 Å². The number of anilines is 1. The van der Waals surface area contributed by atoms with E-state index in [0.29, 0.717) is 0 Å². The number of fused-ring (bicyclic) bond motifs is 1. The Bertz CT molecular complexity index is 1110. The van der Waals surface area contributed by atoms with Crippen LogP contribution in [0.5, 0.6) is 0 Å². The third-order valence-corrected chi connectivity index (χ3v) is 4.86. The summed E-state index contributed by atoms with van der Waals surface area (Å²) >= 11 is 6.63. The Kier molecular flexibility index (Phi) is 6.05. The van der Waals surface area contributed by atoms with Crippen molar-refractivity contribution in [2.75, 3.05) is 17.8 Å². The second-order valence-corrected chi connectivity index (χ2v) is 6.84. The molecule has 28 heavy (non-hydrogen) atoms. The summed E-state index contributed by atoms with van der Waals surface area (Å²) in [6.07, 6.45) is 0.0538. The van der Waals surface area contributed by atoms with E-state index in [2.05, 4.69) is 10.4 Å². The maximum Gasteiger partial charge on any atom is 0.359 e. The van der Waals surface area contributed by atoms with Gasteiger partial charge in [-0.25, -0.2) is 9.18 Å². The fraction of sp³-hybridized carbons (Fsp3) is 0.222. The number of hydrogen-bond acceptors (Lipinski definition) is 6. The molecule has 0 aliphatic carbocycles. The number of amides is 1. The molecule has 0 saturated heterocycles. The molecule has 0 fully saturated rings. The number of nitrogens with one attached hydrogen (secondary N) is 1. The number of nitrogens with zero attached hydrogens (tertiary/aromatic N) is 2. The highest BCUT2D eigenvalue weighted by Crippen LogP contribution is 2.31. The highest BCUT2D eigenvalue weighted by atomic mass is 35.5. The first-order chi connectivity index (χ1) is 13.5. The number of alkyl halides is 1. The smallest absolute Gasteiger partial charge is 0.359 e. The normalized spacial score (nSPS) is 10.8. The number of thiophene rings is 1. The summed E-state index contributed by atoms with van der Waals surface area (Å²) < 4.78 is 20.1. The Morgan fingerprint density at radius 1 is 1.36 bits per heavy atom. The molecule has 2 heterocycles. The lowest BCUT2D eigenvalue weighted by molar-refractivity contribution is -0.115. The van der Waals surface area contributed by atoms with Crippen molar-refractivity contribution in [3.05, 3.63) is 51.5 Å². The Hall–Kier alpha value is -2.78. The van der Waals surface area contributed by atoms with E-state index < -0.39 is 17.3 Å². The summed E-state index contributed by atoms with van der Waals surface area (Å²) in [6, 6.07) is 5.55. The van der Waals surface area contributed by atoms with Crippen LogP contribution in [0.3, 0.4) is 0 Å². The maximum absolute atomic E-state index is 14.3. The molecule has 0 aliphatic rings. The quantitative estimate of drug-likeness (QED) is 0.485. The highest BCUT2D eigenvalue weighted by Gasteiger charge is 2.23. The van der Waals surface area contributed by atoms with Crippen molar-refractivity contribution < 1.29 is 18.7 Å². The van der Waals surface area contributed by atoms with E-state index in [-0.39, 0.29) is 52.0 Å². The first-order valence-electron chi connectivity index (χ1n) is 8.30. The van der Waals surface area contributed by atoms with Crippen molar-refractivity contribution in [2.24, 2.45) is 0 Å². The predicted octanol–water partition coefficient (Wildman–Crippen LogP) is 3.33. The van der Waals surface area contributed by atoms with E-state index in [1.165, 1.54) is 29.6 Å². The Labute approximate surface area is 167 Å². The monoisotopic (exact) mass is 423 g/mol. The molecule has 1 aromatic carbocycles. The first kappa shape index (κ1) is 20.0. The topological polar surface area (TPSA) is 90.3 Å². The van der Waals surface area contributed by atoms with Gasteiger partial charge in [0.1, 0.15) is 16.5 Å². The van der Waals surface area contributed by atoms with E-state index in [4.69, 9.17) is 16.3 Å². The number of halogens is 2. The molecule has 0 unspecified atom stereocenters. The molecule has 0 atom stereocenters. The number of benzene rings is 1. The molecule has 7 nitrogen and oxygen atoms in total. The molecule has 3 aromatic rings. The van der Waals surface area contributed by atoms with Crippen LogP contribution in [-0.4, -0.2) is 34.1 Å². The highest BCUT2D eigenvalue weighted by molar-refractivity contribution is 7.16. The molecule has 1 N–H and O–H groups in total. The minimum atomic E-state index is -0.756. The number of ether oxygens (including phenoxy) is 1. The standard InChI is InChI=1S/C18H15ClFN3O4S/c1-2-27-18(26)15-10-9-28-16(21-13(24)7-8-19)14(10)17(25)23(22-15)12-6-4-3-5-11(12)20/h3-6,9H,2,7-8H2,1H3,(H,21,24). The van der Waals surface area contributed by atoms with Crippen molar-refractivity contribution in [3.8, 4) is 5.69 Å². The molecule has 10 heteroatoms. The minimum Gasteiger partial charge on any atom is -0.461 e. The van der Waals surface area contributed by atoms with Gasteiger partial charge in [0.15, 0.2) is 5.69 Å². The van der Waals surface area contributed by atoms with Gasteiger partial charge in [0.2, 0.25) is 5.91 Å². The van der Waals surface area contributed by atoms with Gasteiger partial charge in [0.25, 0.3) is 5.56 Å². The lowest BCUT2D eigenvalue weighted by atomic mass is 10.2. The molecular formula is C18H15ClFN3O4S. The number of carbonyl (C=O) groups excluding carboxylic acids is 2. The van der Waals surface area contributed by atoms with Crippen molar-refractivity contribution in [1.82, 2.24) is 9.78 Å². The average molecular weight is 424 g/mol. The van der Waals surface area contributed by atoms with E-state index in [1.807, 2.05) is 0 Å². The van der Waals surface area contributed by atoms with Gasteiger partial charge in [0.05, 0.1) is 12.0 Å². The number of hydrogen-bond donors (Lipinski definition) is 1. The third kappa shape index (κ3) is 3.76. The molecular weight excluding hydrogens is 409 g/mol. The molecule has 2 aromatic heterocycles. The fourth-order valence-electron chi connectivity index (χ4n) is 2.55. The largest absolute Gasteiger partial charge is 0.461 e. The molecule has 0 spiro atoms. The Morgan fingerprint density at radius 3 is 2.79 bits per heavy atom. The summed E-state index contributed by atoms with van der Waals surface area (Å²) in [4.78, 5) is 37.4. The van der Waals surface area contributed by atoms with Crippen molar-refractivity contribution >= 4 is 50.6 Å². The molecule has 146 valence electrons. The number of para-hydroxylation sites is 1. The predicted molar refractivity (Wildman–Crippen MR) is 105 cm³/mol. The molecule has 3 rings (SSSR count). The lowest BCUT2D eigenvalue weighted by Crippen LogP contribution is -2.26. The van der Waals surface area contributed by atoms with Crippen LogP contribution in [0.1, 0.15) is 23.8 Å². The van der Waals surface area contributed by atoms with Gasteiger partial charge in [0, 0.05) is 23.1 Å². The summed E-state index contributed by atoms with van der Waals surface area (Å²) in [6.45, 7) is 1.73. The van der Waals surface area contributed by atoms with E-state index >= 15 is 0 Å². The van der Waals surface area contributed by atoms with Gasteiger partial charge in [-0.15, -0.1) is 22.9 Å². The second kappa shape index (κ2) is 8.49. The van der Waals surface area contributed by atoms with E-state index in [9.17, 15) is 18.8 Å². The van der Waals surface area contributed by atoms with Crippen molar-refractivity contribution in [2.45, 2.75) is 13.3 Å². The summed E-state index contributed by atoms with van der Waals surface area (Å²) in [5.74, 6) is -1.71. The van der Waals surface area contributed by atoms with Crippen LogP contribution in [-0.2, 0) is 9.53 Å². The molecule has 0 aliphatic heterocycles. The number of rotatable bonds is 6. The molecule has 0 saturated carbocycles. The van der Waals surface area contributed by atoms with E-state index in [1.54, 1.807) is 6.92 Å². The number of esters is 1. The zero-order chi connectivity index (χ0) is 20.3. The average Bonchev–Trinajstić information content (AvgIpc) is 3.07. The molecule has 0 bridgehead atoms. The second-order valence-electron chi connectivity index (χ2n) is 5.58. The van der Waals surface area contributed by atoms with Crippen molar-refractivity contribution in [1.29, 1.82) is 0 Å². The van der Waals surface area contributed by atoms with Crippen LogP contribution >= 0.6 is 22.9 Å². The summed E-state index contributed by atoms with van der Waals surface area (Å²) in [5, 5.41) is 8.68. The summed E-state index contributed by atoms with van der Waals surface area (Å²) in [5.41, 5.74) is -0.937.